The van der Waals surface area contributed by atoms with Gasteiger partial charge in [0.05, 0.1) is 24.0 Å². The first-order valence-corrected chi connectivity index (χ1v) is 11.5. The van der Waals surface area contributed by atoms with E-state index in [1.54, 1.807) is 0 Å². The third-order valence-corrected chi connectivity index (χ3v) is 5.62. The number of amides is 1. The summed E-state index contributed by atoms with van der Waals surface area (Å²) in [5, 5.41) is 3.03. The Morgan fingerprint density at radius 3 is 2.48 bits per heavy atom. The van der Waals surface area contributed by atoms with Crippen LogP contribution in [-0.4, -0.2) is 28.6 Å². The van der Waals surface area contributed by atoms with Crippen LogP contribution in [0.5, 0.6) is 5.75 Å². The Kier molecular flexibility index (Phi) is 7.40. The molecule has 0 saturated carbocycles. The minimum absolute atomic E-state index is 0.0524. The summed E-state index contributed by atoms with van der Waals surface area (Å²) in [6, 6.07) is 24.3. The van der Waals surface area contributed by atoms with Crippen LogP contribution in [0.25, 0.3) is 11.0 Å². The van der Waals surface area contributed by atoms with Crippen molar-refractivity contribution in [3.05, 3.63) is 95.3 Å². The van der Waals surface area contributed by atoms with E-state index in [0.717, 1.165) is 47.6 Å². The maximum Gasteiger partial charge on any atom is 0.224 e. The lowest BCUT2D eigenvalue weighted by atomic mass is 10.1. The molecule has 5 nitrogen and oxygen atoms in total. The molecule has 170 valence electrons. The predicted octanol–water partition coefficient (Wildman–Crippen LogP) is 5.02. The lowest BCUT2D eigenvalue weighted by Gasteiger charge is -2.12. The normalized spacial score (nSPS) is 11.0. The summed E-state index contributed by atoms with van der Waals surface area (Å²) in [6.07, 6.45) is 2.04. The lowest BCUT2D eigenvalue weighted by Crippen LogP contribution is -2.26. The van der Waals surface area contributed by atoms with Gasteiger partial charge in [-0.15, -0.1) is 0 Å². The fourth-order valence-electron chi connectivity index (χ4n) is 4.15. The van der Waals surface area contributed by atoms with E-state index in [1.165, 1.54) is 11.1 Å². The minimum Gasteiger partial charge on any atom is -0.492 e. The van der Waals surface area contributed by atoms with E-state index < -0.39 is 0 Å². The summed E-state index contributed by atoms with van der Waals surface area (Å²) in [6.45, 7) is 6.10. The molecule has 5 heteroatoms. The fourth-order valence-corrected chi connectivity index (χ4v) is 4.15. The molecular weight excluding hydrogens is 410 g/mol. The van der Waals surface area contributed by atoms with Gasteiger partial charge in [-0.1, -0.05) is 48.5 Å². The molecule has 4 rings (SSSR count). The number of aryl methyl sites for hydroxylation is 3. The van der Waals surface area contributed by atoms with Gasteiger partial charge in [0.25, 0.3) is 0 Å². The maximum absolute atomic E-state index is 12.2. The number of hydrogen-bond donors (Lipinski definition) is 1. The topological polar surface area (TPSA) is 56.1 Å². The number of para-hydroxylation sites is 2. The van der Waals surface area contributed by atoms with Gasteiger partial charge in [0, 0.05) is 13.0 Å². The SMILES string of the molecule is Cc1cc(C)cc(OCCn2c(CCCNC(=O)Cc3ccccc3)nc3ccccc32)c1. The second-order valence-corrected chi connectivity index (χ2v) is 8.46. The molecule has 0 atom stereocenters. The highest BCUT2D eigenvalue weighted by molar-refractivity contribution is 5.78. The molecule has 33 heavy (non-hydrogen) atoms. The van der Waals surface area contributed by atoms with E-state index in [2.05, 4.69) is 48.0 Å². The first kappa shape index (κ1) is 22.6. The number of fused-ring (bicyclic) bond motifs is 1. The highest BCUT2D eigenvalue weighted by Gasteiger charge is 2.11. The zero-order valence-electron chi connectivity index (χ0n) is 19.4. The van der Waals surface area contributed by atoms with Crippen molar-refractivity contribution in [2.24, 2.45) is 0 Å². The Morgan fingerprint density at radius 1 is 0.970 bits per heavy atom. The minimum atomic E-state index is 0.0524. The van der Waals surface area contributed by atoms with Crippen LogP contribution in [0.1, 0.15) is 28.9 Å². The second-order valence-electron chi connectivity index (χ2n) is 8.46. The molecule has 0 saturated heterocycles. The molecule has 1 amide bonds. The summed E-state index contributed by atoms with van der Waals surface area (Å²) >= 11 is 0. The molecule has 4 aromatic rings. The van der Waals surface area contributed by atoms with Crippen LogP contribution in [0.4, 0.5) is 0 Å². The highest BCUT2D eigenvalue weighted by Crippen LogP contribution is 2.19. The summed E-state index contributed by atoms with van der Waals surface area (Å²) in [5.74, 6) is 1.98. The summed E-state index contributed by atoms with van der Waals surface area (Å²) < 4.78 is 8.29. The zero-order valence-corrected chi connectivity index (χ0v) is 19.4. The van der Waals surface area contributed by atoms with Crippen LogP contribution in [0.15, 0.2) is 72.8 Å². The molecule has 0 unspecified atom stereocenters. The van der Waals surface area contributed by atoms with Crippen LogP contribution in [0, 0.1) is 13.8 Å². The van der Waals surface area contributed by atoms with Crippen molar-refractivity contribution in [1.29, 1.82) is 0 Å². The number of nitrogens with one attached hydrogen (secondary N) is 1. The van der Waals surface area contributed by atoms with Crippen molar-refractivity contribution in [2.75, 3.05) is 13.2 Å². The molecule has 0 aliphatic carbocycles. The van der Waals surface area contributed by atoms with E-state index in [4.69, 9.17) is 9.72 Å². The molecule has 0 fully saturated rings. The molecule has 1 aromatic heterocycles. The number of carbonyl (C=O) groups is 1. The Morgan fingerprint density at radius 2 is 1.70 bits per heavy atom. The number of imidazole rings is 1. The lowest BCUT2D eigenvalue weighted by molar-refractivity contribution is -0.120. The smallest absolute Gasteiger partial charge is 0.224 e. The van der Waals surface area contributed by atoms with Crippen LogP contribution < -0.4 is 10.1 Å². The molecule has 0 spiro atoms. The van der Waals surface area contributed by atoms with Crippen LogP contribution >= 0.6 is 0 Å². The molecule has 0 aliphatic rings. The van der Waals surface area contributed by atoms with Gasteiger partial charge in [-0.25, -0.2) is 4.98 Å². The number of aromatic nitrogens is 2. The summed E-state index contributed by atoms with van der Waals surface area (Å²) in [5.41, 5.74) is 5.54. The third kappa shape index (κ3) is 6.22. The van der Waals surface area contributed by atoms with Gasteiger partial charge in [0.1, 0.15) is 18.2 Å². The molecular formula is C28H31N3O2. The van der Waals surface area contributed by atoms with Gasteiger partial charge >= 0.3 is 0 Å². The average Bonchev–Trinajstić information content (AvgIpc) is 3.14. The van der Waals surface area contributed by atoms with Gasteiger partial charge in [-0.3, -0.25) is 4.79 Å². The van der Waals surface area contributed by atoms with E-state index in [-0.39, 0.29) is 5.91 Å². The van der Waals surface area contributed by atoms with Crippen molar-refractivity contribution in [1.82, 2.24) is 14.9 Å². The van der Waals surface area contributed by atoms with Crippen molar-refractivity contribution < 1.29 is 9.53 Å². The van der Waals surface area contributed by atoms with E-state index in [0.29, 0.717) is 19.6 Å². The highest BCUT2D eigenvalue weighted by atomic mass is 16.5. The van der Waals surface area contributed by atoms with Crippen molar-refractivity contribution in [3.8, 4) is 5.75 Å². The van der Waals surface area contributed by atoms with Gasteiger partial charge in [-0.2, -0.15) is 0 Å². The molecule has 0 aliphatic heterocycles. The Hall–Kier alpha value is -3.60. The van der Waals surface area contributed by atoms with Crippen molar-refractivity contribution >= 4 is 16.9 Å². The van der Waals surface area contributed by atoms with E-state index >= 15 is 0 Å². The van der Waals surface area contributed by atoms with Gasteiger partial charge in [-0.05, 0) is 61.2 Å². The summed E-state index contributed by atoms with van der Waals surface area (Å²) in [4.78, 5) is 17.1. The monoisotopic (exact) mass is 441 g/mol. The Labute approximate surface area is 195 Å². The average molecular weight is 442 g/mol. The van der Waals surface area contributed by atoms with Crippen LogP contribution in [-0.2, 0) is 24.2 Å². The fraction of sp³-hybridized carbons (Fsp3) is 0.286. The quantitative estimate of drug-likeness (QED) is 0.352. The third-order valence-electron chi connectivity index (χ3n) is 5.62. The van der Waals surface area contributed by atoms with Crippen LogP contribution in [0.3, 0.4) is 0 Å². The number of benzene rings is 3. The number of ether oxygens (including phenoxy) is 1. The van der Waals surface area contributed by atoms with Crippen molar-refractivity contribution in [2.45, 2.75) is 39.7 Å². The maximum atomic E-state index is 12.2. The molecule has 1 N–H and O–H groups in total. The first-order chi connectivity index (χ1) is 16.1. The zero-order chi connectivity index (χ0) is 23.0. The van der Waals surface area contributed by atoms with E-state index in [1.807, 2.05) is 48.5 Å². The summed E-state index contributed by atoms with van der Waals surface area (Å²) in [7, 11) is 0. The van der Waals surface area contributed by atoms with Gasteiger partial charge in [0.15, 0.2) is 0 Å². The number of carbonyl (C=O) groups excluding carboxylic acids is 1. The molecule has 3 aromatic carbocycles. The number of nitrogens with zero attached hydrogens (tertiary/aromatic N) is 2. The number of rotatable bonds is 10. The molecule has 0 radical (unpaired) electrons. The largest absolute Gasteiger partial charge is 0.492 e. The molecule has 0 bridgehead atoms. The van der Waals surface area contributed by atoms with Crippen LogP contribution in [0.2, 0.25) is 0 Å². The first-order valence-electron chi connectivity index (χ1n) is 11.5. The molecule has 1 heterocycles. The van der Waals surface area contributed by atoms with Crippen molar-refractivity contribution in [3.63, 3.8) is 0 Å². The second kappa shape index (κ2) is 10.8. The number of hydrogen-bond acceptors (Lipinski definition) is 3. The Balaban J connectivity index is 1.34. The standard InChI is InChI=1S/C28H31N3O2/c1-21-17-22(2)19-24(18-21)33-16-15-31-26-12-7-6-11-25(26)30-27(31)13-8-14-29-28(32)20-23-9-4-3-5-10-23/h3-7,9-12,17-19H,8,13-16,20H2,1-2H3,(H,29,32). The predicted molar refractivity (Wildman–Crippen MR) is 133 cm³/mol. The van der Waals surface area contributed by atoms with E-state index in [9.17, 15) is 4.79 Å². The van der Waals surface area contributed by atoms with Gasteiger partial charge < -0.3 is 14.6 Å². The Bertz CT molecular complexity index is 1190. The van der Waals surface area contributed by atoms with Gasteiger partial charge in [0.2, 0.25) is 5.91 Å².